The van der Waals surface area contributed by atoms with Crippen molar-refractivity contribution in [3.05, 3.63) is 47.7 Å². The molecule has 0 spiro atoms. The summed E-state index contributed by atoms with van der Waals surface area (Å²) in [7, 11) is 3.78. The minimum atomic E-state index is -0.906. The summed E-state index contributed by atoms with van der Waals surface area (Å²) < 4.78 is 0. The van der Waals surface area contributed by atoms with Gasteiger partial charge in [0.1, 0.15) is 5.82 Å². The fraction of sp³-hybridized carbons (Fsp3) is 0.267. The van der Waals surface area contributed by atoms with E-state index in [1.807, 2.05) is 37.2 Å². The number of anilines is 2. The molecule has 0 unspecified atom stereocenters. The van der Waals surface area contributed by atoms with Gasteiger partial charge in [-0.2, -0.15) is 4.98 Å². The summed E-state index contributed by atoms with van der Waals surface area (Å²) in [5.74, 6) is 0.526. The Balaban J connectivity index is 1.89. The van der Waals surface area contributed by atoms with Crippen LogP contribution in [0.15, 0.2) is 36.5 Å². The molecule has 6 nitrogen and oxygen atoms in total. The van der Waals surface area contributed by atoms with Crippen LogP contribution in [0.1, 0.15) is 15.9 Å². The van der Waals surface area contributed by atoms with Crippen LogP contribution in [0.4, 0.5) is 11.8 Å². The molecule has 0 aliphatic carbocycles. The Kier molecular flexibility index (Phi) is 4.71. The summed E-state index contributed by atoms with van der Waals surface area (Å²) in [5.41, 5.74) is 1.38. The van der Waals surface area contributed by atoms with E-state index < -0.39 is 5.97 Å². The SMILES string of the molecule is CN(C)c1nccc(NCCc2ccc(C(=O)O)cc2)n1. The van der Waals surface area contributed by atoms with Crippen molar-refractivity contribution in [2.75, 3.05) is 30.9 Å². The summed E-state index contributed by atoms with van der Waals surface area (Å²) in [4.78, 5) is 21.1. The van der Waals surface area contributed by atoms with Gasteiger partial charge in [0, 0.05) is 26.8 Å². The van der Waals surface area contributed by atoms with Crippen molar-refractivity contribution < 1.29 is 9.90 Å². The number of benzene rings is 1. The fourth-order valence-electron chi connectivity index (χ4n) is 1.81. The van der Waals surface area contributed by atoms with Crippen molar-refractivity contribution in [1.29, 1.82) is 0 Å². The van der Waals surface area contributed by atoms with E-state index in [9.17, 15) is 4.79 Å². The molecule has 0 saturated carbocycles. The van der Waals surface area contributed by atoms with Crippen molar-refractivity contribution in [3.8, 4) is 0 Å². The Hall–Kier alpha value is -2.63. The van der Waals surface area contributed by atoms with Crippen LogP contribution in [-0.4, -0.2) is 41.7 Å². The second-order valence-corrected chi connectivity index (χ2v) is 4.82. The van der Waals surface area contributed by atoms with E-state index in [2.05, 4.69) is 15.3 Å². The minimum absolute atomic E-state index is 0.304. The van der Waals surface area contributed by atoms with Crippen LogP contribution < -0.4 is 10.2 Å². The molecule has 6 heteroatoms. The van der Waals surface area contributed by atoms with Crippen LogP contribution in [-0.2, 0) is 6.42 Å². The number of hydrogen-bond acceptors (Lipinski definition) is 5. The van der Waals surface area contributed by atoms with Gasteiger partial charge in [0.05, 0.1) is 5.56 Å². The zero-order chi connectivity index (χ0) is 15.2. The number of nitrogens with zero attached hydrogens (tertiary/aromatic N) is 3. The number of aromatic nitrogens is 2. The quantitative estimate of drug-likeness (QED) is 0.844. The lowest BCUT2D eigenvalue weighted by molar-refractivity contribution is 0.0697. The van der Waals surface area contributed by atoms with Gasteiger partial charge in [-0.05, 0) is 30.2 Å². The number of nitrogens with one attached hydrogen (secondary N) is 1. The third-order valence-electron chi connectivity index (χ3n) is 2.96. The molecule has 0 amide bonds. The molecule has 0 atom stereocenters. The number of rotatable bonds is 6. The molecule has 110 valence electrons. The third kappa shape index (κ3) is 4.17. The molecular weight excluding hydrogens is 268 g/mol. The fourth-order valence-corrected chi connectivity index (χ4v) is 1.81. The highest BCUT2D eigenvalue weighted by Gasteiger charge is 2.03. The Morgan fingerprint density at radius 2 is 1.95 bits per heavy atom. The predicted octanol–water partition coefficient (Wildman–Crippen LogP) is 1.90. The Bertz CT molecular complexity index is 611. The van der Waals surface area contributed by atoms with E-state index in [4.69, 9.17) is 5.11 Å². The Morgan fingerprint density at radius 1 is 1.24 bits per heavy atom. The molecule has 0 saturated heterocycles. The van der Waals surface area contributed by atoms with Gasteiger partial charge in [0.2, 0.25) is 5.95 Å². The van der Waals surface area contributed by atoms with Gasteiger partial charge in [-0.3, -0.25) is 0 Å². The Labute approximate surface area is 123 Å². The third-order valence-corrected chi connectivity index (χ3v) is 2.96. The zero-order valence-electron chi connectivity index (χ0n) is 12.1. The molecule has 0 aliphatic rings. The average molecular weight is 286 g/mol. The van der Waals surface area contributed by atoms with Gasteiger partial charge in [-0.1, -0.05) is 12.1 Å². The standard InChI is InChI=1S/C15H18N4O2/c1-19(2)15-17-10-8-13(18-15)16-9-7-11-3-5-12(6-4-11)14(20)21/h3-6,8,10H,7,9H2,1-2H3,(H,20,21)(H,16,17,18). The van der Waals surface area contributed by atoms with E-state index in [1.54, 1.807) is 18.3 Å². The summed E-state index contributed by atoms with van der Waals surface area (Å²) in [6.45, 7) is 0.719. The topological polar surface area (TPSA) is 78.4 Å². The van der Waals surface area contributed by atoms with E-state index >= 15 is 0 Å². The molecular formula is C15H18N4O2. The van der Waals surface area contributed by atoms with Gasteiger partial charge in [-0.15, -0.1) is 0 Å². The highest BCUT2D eigenvalue weighted by atomic mass is 16.4. The number of aromatic carboxylic acids is 1. The second kappa shape index (κ2) is 6.69. The van der Waals surface area contributed by atoms with Gasteiger partial charge in [0.25, 0.3) is 0 Å². The monoisotopic (exact) mass is 286 g/mol. The molecule has 1 aromatic heterocycles. The van der Waals surface area contributed by atoms with Crippen molar-refractivity contribution in [2.24, 2.45) is 0 Å². The maximum Gasteiger partial charge on any atom is 0.335 e. The lowest BCUT2D eigenvalue weighted by atomic mass is 10.1. The van der Waals surface area contributed by atoms with Gasteiger partial charge in [-0.25, -0.2) is 9.78 Å². The van der Waals surface area contributed by atoms with E-state index in [-0.39, 0.29) is 0 Å². The lowest BCUT2D eigenvalue weighted by Crippen LogP contribution is -2.14. The molecule has 0 bridgehead atoms. The highest BCUT2D eigenvalue weighted by Crippen LogP contribution is 2.09. The number of carbonyl (C=O) groups is 1. The van der Waals surface area contributed by atoms with E-state index in [1.165, 1.54) is 0 Å². The summed E-state index contributed by atoms with van der Waals surface area (Å²) in [6, 6.07) is 8.71. The maximum atomic E-state index is 10.8. The van der Waals surface area contributed by atoms with Crippen LogP contribution in [0.25, 0.3) is 0 Å². The number of carboxylic acids is 1. The van der Waals surface area contributed by atoms with Crippen LogP contribution in [0.2, 0.25) is 0 Å². The number of hydrogen-bond donors (Lipinski definition) is 2. The zero-order valence-corrected chi connectivity index (χ0v) is 12.1. The van der Waals surface area contributed by atoms with Gasteiger partial charge < -0.3 is 15.3 Å². The maximum absolute atomic E-state index is 10.8. The minimum Gasteiger partial charge on any atom is -0.478 e. The van der Waals surface area contributed by atoms with E-state index in [0.29, 0.717) is 11.5 Å². The normalized spacial score (nSPS) is 10.2. The lowest BCUT2D eigenvalue weighted by Gasteiger charge is -2.11. The average Bonchev–Trinajstić information content (AvgIpc) is 2.48. The Morgan fingerprint density at radius 3 is 2.57 bits per heavy atom. The van der Waals surface area contributed by atoms with Crippen molar-refractivity contribution in [2.45, 2.75) is 6.42 Å². The van der Waals surface area contributed by atoms with Crippen molar-refractivity contribution in [1.82, 2.24) is 9.97 Å². The highest BCUT2D eigenvalue weighted by molar-refractivity contribution is 5.87. The molecule has 2 N–H and O–H groups in total. The van der Waals surface area contributed by atoms with Crippen molar-refractivity contribution in [3.63, 3.8) is 0 Å². The molecule has 1 heterocycles. The second-order valence-electron chi connectivity index (χ2n) is 4.82. The van der Waals surface area contributed by atoms with Gasteiger partial charge >= 0.3 is 5.97 Å². The molecule has 1 aromatic carbocycles. The smallest absolute Gasteiger partial charge is 0.335 e. The summed E-state index contributed by atoms with van der Waals surface area (Å²) >= 11 is 0. The van der Waals surface area contributed by atoms with Gasteiger partial charge in [0.15, 0.2) is 0 Å². The van der Waals surface area contributed by atoms with Crippen molar-refractivity contribution >= 4 is 17.7 Å². The summed E-state index contributed by atoms with van der Waals surface area (Å²) in [5, 5.41) is 12.1. The number of carboxylic acid groups (broad SMARTS) is 1. The van der Waals surface area contributed by atoms with Crippen LogP contribution in [0.5, 0.6) is 0 Å². The van der Waals surface area contributed by atoms with Crippen LogP contribution in [0, 0.1) is 0 Å². The molecule has 0 fully saturated rings. The molecule has 2 aromatic rings. The molecule has 0 aliphatic heterocycles. The summed E-state index contributed by atoms with van der Waals surface area (Å²) in [6.07, 6.45) is 2.51. The van der Waals surface area contributed by atoms with Crippen LogP contribution >= 0.6 is 0 Å². The first-order valence-corrected chi connectivity index (χ1v) is 6.63. The van der Waals surface area contributed by atoms with Crippen LogP contribution in [0.3, 0.4) is 0 Å². The predicted molar refractivity (Wildman–Crippen MR) is 82.0 cm³/mol. The first-order valence-electron chi connectivity index (χ1n) is 6.63. The first kappa shape index (κ1) is 14.8. The largest absolute Gasteiger partial charge is 0.478 e. The van der Waals surface area contributed by atoms with E-state index in [0.717, 1.165) is 24.3 Å². The first-order chi connectivity index (χ1) is 10.1. The molecule has 2 rings (SSSR count). The molecule has 21 heavy (non-hydrogen) atoms. The molecule has 0 radical (unpaired) electrons.